The molecular weight excluding hydrogens is 366 g/mol. The maximum Gasteiger partial charge on any atom is 0.231 e. The van der Waals surface area contributed by atoms with Gasteiger partial charge in [-0.15, -0.1) is 0 Å². The molecule has 0 radical (unpaired) electrons. The lowest BCUT2D eigenvalue weighted by atomic mass is 9.98. The van der Waals surface area contributed by atoms with E-state index < -0.39 is 10.0 Å². The van der Waals surface area contributed by atoms with Gasteiger partial charge in [0.1, 0.15) is 5.75 Å². The van der Waals surface area contributed by atoms with Crippen molar-refractivity contribution >= 4 is 10.0 Å². The predicted molar refractivity (Wildman–Crippen MR) is 102 cm³/mol. The molecule has 1 saturated heterocycles. The molecule has 0 N–H and O–H groups in total. The van der Waals surface area contributed by atoms with E-state index in [1.165, 1.54) is 0 Å². The highest BCUT2D eigenvalue weighted by molar-refractivity contribution is 7.89. The van der Waals surface area contributed by atoms with Gasteiger partial charge in [0.2, 0.25) is 16.8 Å². The first-order valence-electron chi connectivity index (χ1n) is 9.05. The normalized spacial score (nSPS) is 19.4. The van der Waals surface area contributed by atoms with E-state index in [0.29, 0.717) is 19.5 Å². The van der Waals surface area contributed by atoms with Gasteiger partial charge in [-0.05, 0) is 54.2 Å². The Balaban J connectivity index is 1.40. The Bertz CT molecular complexity index is 928. The number of sulfonamides is 1. The average molecular weight is 389 g/mol. The van der Waals surface area contributed by atoms with Crippen LogP contribution in [0.4, 0.5) is 0 Å². The van der Waals surface area contributed by atoms with Crippen LogP contribution in [0, 0.1) is 0 Å². The van der Waals surface area contributed by atoms with Crippen LogP contribution < -0.4 is 14.2 Å². The lowest BCUT2D eigenvalue weighted by Gasteiger charge is -2.17. The number of benzene rings is 2. The Morgan fingerprint density at radius 2 is 2.00 bits per heavy atom. The first-order chi connectivity index (χ1) is 13.0. The molecule has 7 heteroatoms. The molecule has 1 atom stereocenters. The molecule has 6 nitrogen and oxygen atoms in total. The minimum Gasteiger partial charge on any atom is -0.497 e. The van der Waals surface area contributed by atoms with Crippen molar-refractivity contribution in [3.63, 3.8) is 0 Å². The molecular formula is C20H23NO5S. The zero-order valence-electron chi connectivity index (χ0n) is 15.3. The standard InChI is InChI=1S/C20H23NO5S/c1-24-18-4-2-3-15(11-18)8-10-27(22,23)21-9-7-17(13-21)16-5-6-19-20(12-16)26-14-25-19/h2-6,11-12,17H,7-10,13-14H2,1H3. The number of ether oxygens (including phenoxy) is 3. The Kier molecular flexibility index (Phi) is 4.97. The van der Waals surface area contributed by atoms with Crippen LogP contribution in [0.25, 0.3) is 0 Å². The van der Waals surface area contributed by atoms with E-state index in [1.54, 1.807) is 11.4 Å². The zero-order chi connectivity index (χ0) is 18.9. The third kappa shape index (κ3) is 3.89. The van der Waals surface area contributed by atoms with E-state index in [4.69, 9.17) is 14.2 Å². The molecule has 2 aliphatic rings. The third-order valence-electron chi connectivity index (χ3n) is 5.20. The maximum atomic E-state index is 12.8. The molecule has 2 aromatic carbocycles. The van der Waals surface area contributed by atoms with Crippen molar-refractivity contribution in [2.24, 2.45) is 0 Å². The molecule has 0 bridgehead atoms. The number of aryl methyl sites for hydroxylation is 1. The Labute approximate surface area is 159 Å². The fraction of sp³-hybridized carbons (Fsp3) is 0.400. The quantitative estimate of drug-likeness (QED) is 0.760. The topological polar surface area (TPSA) is 65.1 Å². The van der Waals surface area contributed by atoms with Gasteiger partial charge in [0.05, 0.1) is 12.9 Å². The number of hydrogen-bond acceptors (Lipinski definition) is 5. The fourth-order valence-corrected chi connectivity index (χ4v) is 5.17. The summed E-state index contributed by atoms with van der Waals surface area (Å²) in [5.41, 5.74) is 2.06. The predicted octanol–water partition coefficient (Wildman–Crippen LogP) is 2.79. The SMILES string of the molecule is COc1cccc(CCS(=O)(=O)N2CCC(c3ccc4c(c3)OCO4)C2)c1. The molecule has 144 valence electrons. The van der Waals surface area contributed by atoms with Gasteiger partial charge in [0, 0.05) is 13.1 Å². The summed E-state index contributed by atoms with van der Waals surface area (Å²) in [6.07, 6.45) is 1.29. The monoisotopic (exact) mass is 389 g/mol. The second-order valence-corrected chi connectivity index (χ2v) is 8.96. The van der Waals surface area contributed by atoms with E-state index in [2.05, 4.69) is 0 Å². The van der Waals surface area contributed by atoms with Gasteiger partial charge in [-0.2, -0.15) is 0 Å². The van der Waals surface area contributed by atoms with Gasteiger partial charge in [-0.3, -0.25) is 0 Å². The molecule has 2 aliphatic heterocycles. The van der Waals surface area contributed by atoms with Crippen molar-refractivity contribution in [1.29, 1.82) is 0 Å². The van der Waals surface area contributed by atoms with Crippen molar-refractivity contribution in [2.75, 3.05) is 32.7 Å². The molecule has 0 amide bonds. The number of rotatable bonds is 6. The van der Waals surface area contributed by atoms with Crippen LogP contribution in [-0.4, -0.2) is 45.5 Å². The van der Waals surface area contributed by atoms with Crippen LogP contribution >= 0.6 is 0 Å². The Hall–Kier alpha value is -2.25. The summed E-state index contributed by atoms with van der Waals surface area (Å²) in [6.45, 7) is 1.31. The van der Waals surface area contributed by atoms with Crippen LogP contribution in [0.15, 0.2) is 42.5 Å². The minimum atomic E-state index is -3.29. The van der Waals surface area contributed by atoms with E-state index >= 15 is 0 Å². The summed E-state index contributed by atoms with van der Waals surface area (Å²) in [6, 6.07) is 13.4. The number of hydrogen-bond donors (Lipinski definition) is 0. The van der Waals surface area contributed by atoms with Crippen LogP contribution in [0.3, 0.4) is 0 Å². The molecule has 4 rings (SSSR count). The Morgan fingerprint density at radius 1 is 1.15 bits per heavy atom. The first kappa shape index (κ1) is 18.1. The largest absolute Gasteiger partial charge is 0.497 e. The van der Waals surface area contributed by atoms with Crippen molar-refractivity contribution in [3.8, 4) is 17.2 Å². The molecule has 0 saturated carbocycles. The minimum absolute atomic E-state index is 0.105. The maximum absolute atomic E-state index is 12.8. The highest BCUT2D eigenvalue weighted by atomic mass is 32.2. The lowest BCUT2D eigenvalue weighted by Crippen LogP contribution is -2.31. The molecule has 0 spiro atoms. The van der Waals surface area contributed by atoms with Gasteiger partial charge < -0.3 is 14.2 Å². The van der Waals surface area contributed by atoms with E-state index in [-0.39, 0.29) is 18.5 Å². The molecule has 0 aliphatic carbocycles. The molecule has 2 aromatic rings. The lowest BCUT2D eigenvalue weighted by molar-refractivity contribution is 0.174. The molecule has 1 fully saturated rings. The fourth-order valence-electron chi connectivity index (χ4n) is 3.62. The third-order valence-corrected chi connectivity index (χ3v) is 7.03. The van der Waals surface area contributed by atoms with E-state index in [9.17, 15) is 8.42 Å². The van der Waals surface area contributed by atoms with Crippen molar-refractivity contribution in [1.82, 2.24) is 4.31 Å². The van der Waals surface area contributed by atoms with Gasteiger partial charge in [-0.25, -0.2) is 12.7 Å². The number of nitrogens with zero attached hydrogens (tertiary/aromatic N) is 1. The highest BCUT2D eigenvalue weighted by Gasteiger charge is 2.32. The van der Waals surface area contributed by atoms with Crippen molar-refractivity contribution < 1.29 is 22.6 Å². The van der Waals surface area contributed by atoms with Crippen molar-refractivity contribution in [3.05, 3.63) is 53.6 Å². The highest BCUT2D eigenvalue weighted by Crippen LogP contribution is 2.37. The van der Waals surface area contributed by atoms with Crippen molar-refractivity contribution in [2.45, 2.75) is 18.8 Å². The molecule has 1 unspecified atom stereocenters. The second-order valence-electron chi connectivity index (χ2n) is 6.87. The Morgan fingerprint density at radius 3 is 2.85 bits per heavy atom. The molecule has 27 heavy (non-hydrogen) atoms. The zero-order valence-corrected chi connectivity index (χ0v) is 16.1. The second kappa shape index (κ2) is 7.40. The van der Waals surface area contributed by atoms with Gasteiger partial charge in [0.15, 0.2) is 11.5 Å². The van der Waals surface area contributed by atoms with Crippen LogP contribution in [0.5, 0.6) is 17.2 Å². The van der Waals surface area contributed by atoms with E-state index in [1.807, 2.05) is 42.5 Å². The molecule has 0 aromatic heterocycles. The summed E-state index contributed by atoms with van der Waals surface area (Å²) in [7, 11) is -1.69. The average Bonchev–Trinajstić information content (AvgIpc) is 3.35. The smallest absolute Gasteiger partial charge is 0.231 e. The van der Waals surface area contributed by atoms with Crippen LogP contribution in [-0.2, 0) is 16.4 Å². The summed E-state index contributed by atoms with van der Waals surface area (Å²) >= 11 is 0. The summed E-state index contributed by atoms with van der Waals surface area (Å²) in [5.74, 6) is 2.53. The van der Waals surface area contributed by atoms with Gasteiger partial charge in [-0.1, -0.05) is 18.2 Å². The summed E-state index contributed by atoms with van der Waals surface area (Å²) < 4.78 is 43.1. The first-order valence-corrected chi connectivity index (χ1v) is 10.7. The number of methoxy groups -OCH3 is 1. The summed E-state index contributed by atoms with van der Waals surface area (Å²) in [5, 5.41) is 0. The van der Waals surface area contributed by atoms with Gasteiger partial charge >= 0.3 is 0 Å². The number of fused-ring (bicyclic) bond motifs is 1. The van der Waals surface area contributed by atoms with Crippen LogP contribution in [0.2, 0.25) is 0 Å². The van der Waals surface area contributed by atoms with E-state index in [0.717, 1.165) is 34.8 Å². The summed E-state index contributed by atoms with van der Waals surface area (Å²) in [4.78, 5) is 0. The van der Waals surface area contributed by atoms with Crippen LogP contribution in [0.1, 0.15) is 23.5 Å². The van der Waals surface area contributed by atoms with Gasteiger partial charge in [0.25, 0.3) is 0 Å². The molecule has 2 heterocycles.